The first-order valence-corrected chi connectivity index (χ1v) is 12.2. The molecular formula is C27H44O3Y3. The first-order chi connectivity index (χ1) is 14.0. The summed E-state index contributed by atoms with van der Waals surface area (Å²) in [6, 6.07) is 0. The smallest absolute Gasteiger partial charge is 0.0809 e. The summed E-state index contributed by atoms with van der Waals surface area (Å²) in [4.78, 5) is 0. The minimum atomic E-state index is -0.615. The Morgan fingerprint density at radius 3 is 2.27 bits per heavy atom. The van der Waals surface area contributed by atoms with Crippen LogP contribution in [0.1, 0.15) is 91.9 Å². The van der Waals surface area contributed by atoms with Gasteiger partial charge in [-0.15, -0.1) is 0 Å². The molecule has 4 unspecified atom stereocenters. The van der Waals surface area contributed by atoms with E-state index in [0.29, 0.717) is 35.7 Å². The van der Waals surface area contributed by atoms with Gasteiger partial charge in [0.15, 0.2) is 0 Å². The standard InChI is InChI=1S/C27H44O3.3Y/c1-18(8-6-14-26(3,4)30)22-12-13-23-21(9-7-15-27(22,23)5)11-10-20-16-24(28)19(2)25(29)17-20;;;/h10-11,18,22-25,28-30H,2,6-9,12-17H2,1,3-5H3;;;/b20-10?,21-11+;;;/t18-,22?,23?,24?,25?,27+;;;/m0.../s1. The second kappa shape index (κ2) is 15.1. The van der Waals surface area contributed by atoms with Crippen molar-refractivity contribution in [2.75, 3.05) is 0 Å². The Balaban J connectivity index is 0.00000341. The second-order valence-corrected chi connectivity index (χ2v) is 11.4. The van der Waals surface area contributed by atoms with E-state index < -0.39 is 17.8 Å². The normalized spacial score (nSPS) is 34.0. The Morgan fingerprint density at radius 2 is 1.70 bits per heavy atom. The molecular weight excluding hydrogens is 639 g/mol. The number of rotatable bonds is 6. The van der Waals surface area contributed by atoms with Crippen LogP contribution in [0.2, 0.25) is 0 Å². The van der Waals surface area contributed by atoms with E-state index in [-0.39, 0.29) is 98.1 Å². The van der Waals surface area contributed by atoms with Crippen molar-refractivity contribution < 1.29 is 113 Å². The molecule has 6 heteroatoms. The molecule has 0 heterocycles. The Bertz CT molecular complexity index is 681. The molecule has 3 fully saturated rings. The van der Waals surface area contributed by atoms with Gasteiger partial charge >= 0.3 is 0 Å². The molecule has 33 heavy (non-hydrogen) atoms. The number of aliphatic hydroxyl groups is 3. The average Bonchev–Trinajstić information content (AvgIpc) is 3.00. The Labute approximate surface area is 278 Å². The van der Waals surface area contributed by atoms with Gasteiger partial charge in [-0.1, -0.05) is 56.6 Å². The molecule has 179 valence electrons. The van der Waals surface area contributed by atoms with Gasteiger partial charge in [-0.05, 0) is 94.0 Å². The van der Waals surface area contributed by atoms with Crippen molar-refractivity contribution in [1.29, 1.82) is 0 Å². The summed E-state index contributed by atoms with van der Waals surface area (Å²) in [5.41, 5.74) is 3.11. The zero-order valence-corrected chi connectivity index (χ0v) is 29.9. The summed E-state index contributed by atoms with van der Waals surface area (Å²) in [6.45, 7) is 12.6. The monoisotopic (exact) mass is 683 g/mol. The first-order valence-electron chi connectivity index (χ1n) is 12.2. The van der Waals surface area contributed by atoms with Crippen molar-refractivity contribution in [2.45, 2.75) is 110 Å². The molecule has 0 aromatic rings. The summed E-state index contributed by atoms with van der Waals surface area (Å²) in [5, 5.41) is 30.3. The van der Waals surface area contributed by atoms with Crippen LogP contribution in [0.5, 0.6) is 0 Å². The SMILES string of the molecule is C=C1C(O)CC(=C/C=C2\CCC[C@@]3(C)C2CCC3[C@@H](C)CCCC(C)(C)O)CC1O.[Y].[Y].[Y]. The first kappa shape index (κ1) is 35.4. The minimum Gasteiger partial charge on any atom is -0.390 e. The van der Waals surface area contributed by atoms with Crippen molar-refractivity contribution in [1.82, 2.24) is 0 Å². The molecule has 0 aromatic carbocycles. The maximum absolute atomic E-state index is 10.1. The quantitative estimate of drug-likeness (QED) is 0.316. The number of hydrogen-bond donors (Lipinski definition) is 3. The molecule has 0 amide bonds. The maximum Gasteiger partial charge on any atom is 0.0809 e. The average molecular weight is 683 g/mol. The molecule has 3 saturated carbocycles. The van der Waals surface area contributed by atoms with Crippen LogP contribution < -0.4 is 0 Å². The molecule has 3 aliphatic carbocycles. The molecule has 0 bridgehead atoms. The van der Waals surface area contributed by atoms with Crippen molar-refractivity contribution >= 4 is 0 Å². The molecule has 0 aromatic heterocycles. The van der Waals surface area contributed by atoms with E-state index in [1.807, 2.05) is 13.8 Å². The third-order valence-corrected chi connectivity index (χ3v) is 8.47. The van der Waals surface area contributed by atoms with E-state index in [1.54, 1.807) is 5.57 Å². The molecule has 6 atom stereocenters. The minimum absolute atomic E-state index is 0. The van der Waals surface area contributed by atoms with Crippen molar-refractivity contribution in [3.8, 4) is 0 Å². The van der Waals surface area contributed by atoms with Gasteiger partial charge in [0.2, 0.25) is 0 Å². The van der Waals surface area contributed by atoms with Gasteiger partial charge in [-0.3, -0.25) is 0 Å². The van der Waals surface area contributed by atoms with Crippen LogP contribution in [-0.4, -0.2) is 33.1 Å². The topological polar surface area (TPSA) is 60.7 Å². The molecule has 0 saturated heterocycles. The van der Waals surface area contributed by atoms with Crippen LogP contribution >= 0.6 is 0 Å². The predicted molar refractivity (Wildman–Crippen MR) is 124 cm³/mol. The van der Waals surface area contributed by atoms with Crippen molar-refractivity contribution in [3.05, 3.63) is 35.5 Å². The second-order valence-electron chi connectivity index (χ2n) is 11.4. The van der Waals surface area contributed by atoms with Gasteiger partial charge in [-0.25, -0.2) is 0 Å². The fourth-order valence-corrected chi connectivity index (χ4v) is 6.70. The van der Waals surface area contributed by atoms with Crippen molar-refractivity contribution in [2.24, 2.45) is 23.2 Å². The van der Waals surface area contributed by atoms with Gasteiger partial charge < -0.3 is 15.3 Å². The molecule has 3 aliphatic rings. The molecule has 3 radical (unpaired) electrons. The molecule has 3 nitrogen and oxygen atoms in total. The van der Waals surface area contributed by atoms with Crippen molar-refractivity contribution in [3.63, 3.8) is 0 Å². The number of allylic oxidation sites excluding steroid dienone is 3. The van der Waals surface area contributed by atoms with Gasteiger partial charge in [0.25, 0.3) is 0 Å². The van der Waals surface area contributed by atoms with E-state index in [4.69, 9.17) is 0 Å². The van der Waals surface area contributed by atoms with E-state index >= 15 is 0 Å². The number of hydrogen-bond acceptors (Lipinski definition) is 3. The summed E-state index contributed by atoms with van der Waals surface area (Å²) >= 11 is 0. The van der Waals surface area contributed by atoms with Crippen LogP contribution in [0, 0.1) is 23.2 Å². The zero-order valence-electron chi connectivity index (χ0n) is 21.4. The fourth-order valence-electron chi connectivity index (χ4n) is 6.70. The zero-order chi connectivity index (χ0) is 22.1. The third kappa shape index (κ3) is 9.28. The van der Waals surface area contributed by atoms with Crippen LogP contribution in [0.4, 0.5) is 0 Å². The van der Waals surface area contributed by atoms with Gasteiger partial charge in [0.05, 0.1) is 17.8 Å². The van der Waals surface area contributed by atoms with Crippen LogP contribution in [-0.2, 0) is 98.1 Å². The van der Waals surface area contributed by atoms with Gasteiger partial charge in [0.1, 0.15) is 0 Å². The van der Waals surface area contributed by atoms with E-state index in [9.17, 15) is 15.3 Å². The Kier molecular flexibility index (Phi) is 16.2. The largest absolute Gasteiger partial charge is 0.390 e. The third-order valence-electron chi connectivity index (χ3n) is 8.47. The van der Waals surface area contributed by atoms with E-state index in [0.717, 1.165) is 24.3 Å². The van der Waals surface area contributed by atoms with Crippen LogP contribution in [0.25, 0.3) is 0 Å². The molecule has 3 N–H and O–H groups in total. The summed E-state index contributed by atoms with van der Waals surface area (Å²) in [7, 11) is 0. The molecule has 0 spiro atoms. The van der Waals surface area contributed by atoms with Gasteiger partial charge in [0, 0.05) is 98.1 Å². The van der Waals surface area contributed by atoms with E-state index in [1.165, 1.54) is 38.5 Å². The summed E-state index contributed by atoms with van der Waals surface area (Å²) in [5.74, 6) is 2.13. The summed E-state index contributed by atoms with van der Waals surface area (Å²) < 4.78 is 0. The van der Waals surface area contributed by atoms with E-state index in [2.05, 4.69) is 32.6 Å². The molecule has 0 aliphatic heterocycles. The van der Waals surface area contributed by atoms with Crippen LogP contribution in [0.15, 0.2) is 35.5 Å². The van der Waals surface area contributed by atoms with Gasteiger partial charge in [-0.2, -0.15) is 0 Å². The fraction of sp³-hybridized carbons (Fsp3) is 0.778. The Hall–Kier alpha value is 2.41. The predicted octanol–water partition coefficient (Wildman–Crippen LogP) is 5.70. The molecule has 3 rings (SSSR count). The number of aliphatic hydroxyl groups excluding tert-OH is 2. The van der Waals surface area contributed by atoms with Crippen LogP contribution in [0.3, 0.4) is 0 Å². The maximum atomic E-state index is 10.1. The number of fused-ring (bicyclic) bond motifs is 1. The summed E-state index contributed by atoms with van der Waals surface area (Å²) in [6.07, 6.45) is 14.0. The Morgan fingerprint density at radius 1 is 1.09 bits per heavy atom.